The molecule has 1 unspecified atom stereocenters. The molecule has 1 heterocycles. The predicted molar refractivity (Wildman–Crippen MR) is 72.5 cm³/mol. The van der Waals surface area contributed by atoms with E-state index in [1.54, 1.807) is 0 Å². The first kappa shape index (κ1) is 14.9. The highest BCUT2D eigenvalue weighted by Gasteiger charge is 2.18. The van der Waals surface area contributed by atoms with Crippen LogP contribution in [0.4, 0.5) is 0 Å². The van der Waals surface area contributed by atoms with E-state index in [4.69, 9.17) is 4.74 Å². The number of likely N-dealkylation sites (N-methyl/N-ethyl adjacent to an activating group) is 2. The van der Waals surface area contributed by atoms with Crippen molar-refractivity contribution < 1.29 is 4.74 Å². The first-order valence-corrected chi connectivity index (χ1v) is 7.07. The number of rotatable bonds is 8. The fourth-order valence-corrected chi connectivity index (χ4v) is 2.23. The van der Waals surface area contributed by atoms with Gasteiger partial charge in [-0.05, 0) is 19.6 Å². The fraction of sp³-hybridized carbons (Fsp3) is 1.00. The van der Waals surface area contributed by atoms with Crippen LogP contribution >= 0.6 is 0 Å². The maximum Gasteiger partial charge on any atom is 0.0826 e. The van der Waals surface area contributed by atoms with Crippen molar-refractivity contribution >= 4 is 0 Å². The normalized spacial score (nSPS) is 22.2. The van der Waals surface area contributed by atoms with E-state index in [1.165, 1.54) is 0 Å². The second-order valence-electron chi connectivity index (χ2n) is 4.62. The Bertz CT molecular complexity index is 186. The first-order chi connectivity index (χ1) is 8.30. The summed E-state index contributed by atoms with van der Waals surface area (Å²) in [4.78, 5) is 4.90. The number of nitrogens with zero attached hydrogens (tertiary/aromatic N) is 2. The molecule has 1 saturated heterocycles. The molecule has 0 radical (unpaired) electrons. The second kappa shape index (κ2) is 8.86. The first-order valence-electron chi connectivity index (χ1n) is 7.07. The fourth-order valence-electron chi connectivity index (χ4n) is 2.23. The molecule has 4 heteroatoms. The number of nitrogens with one attached hydrogen (secondary N) is 1. The lowest BCUT2D eigenvalue weighted by atomic mass is 10.2. The van der Waals surface area contributed by atoms with Crippen LogP contribution in [0.2, 0.25) is 0 Å². The monoisotopic (exact) mass is 243 g/mol. The Labute approximate surface area is 106 Å². The lowest BCUT2D eigenvalue weighted by Gasteiger charge is -2.32. The summed E-state index contributed by atoms with van der Waals surface area (Å²) in [6.45, 7) is 16.3. The van der Waals surface area contributed by atoms with E-state index in [1.807, 2.05) is 0 Å². The summed E-state index contributed by atoms with van der Waals surface area (Å²) in [7, 11) is 0. The van der Waals surface area contributed by atoms with Crippen molar-refractivity contribution in [1.82, 2.24) is 15.1 Å². The molecule has 1 N–H and O–H groups in total. The van der Waals surface area contributed by atoms with Gasteiger partial charge < -0.3 is 15.0 Å². The van der Waals surface area contributed by atoms with Crippen molar-refractivity contribution in [2.45, 2.75) is 26.9 Å². The van der Waals surface area contributed by atoms with Crippen molar-refractivity contribution in [2.75, 3.05) is 59.0 Å². The minimum Gasteiger partial charge on any atom is -0.374 e. The van der Waals surface area contributed by atoms with Gasteiger partial charge >= 0.3 is 0 Å². The quantitative estimate of drug-likeness (QED) is 0.633. The largest absolute Gasteiger partial charge is 0.374 e. The number of morpholine rings is 1. The van der Waals surface area contributed by atoms with Crippen molar-refractivity contribution in [3.63, 3.8) is 0 Å². The molecule has 17 heavy (non-hydrogen) atoms. The van der Waals surface area contributed by atoms with Gasteiger partial charge in [0.2, 0.25) is 0 Å². The Hall–Kier alpha value is -0.160. The molecule has 0 aromatic carbocycles. The van der Waals surface area contributed by atoms with Crippen molar-refractivity contribution in [1.29, 1.82) is 0 Å². The molecule has 0 aliphatic carbocycles. The highest BCUT2D eigenvalue weighted by molar-refractivity contribution is 4.72. The van der Waals surface area contributed by atoms with Crippen LogP contribution in [-0.4, -0.2) is 74.9 Å². The Balaban J connectivity index is 2.05. The van der Waals surface area contributed by atoms with Crippen molar-refractivity contribution in [3.8, 4) is 0 Å². The zero-order valence-electron chi connectivity index (χ0n) is 11.7. The number of ether oxygens (including phenoxy) is 1. The second-order valence-corrected chi connectivity index (χ2v) is 4.62. The molecule has 0 spiro atoms. The van der Waals surface area contributed by atoms with E-state index in [-0.39, 0.29) is 0 Å². The lowest BCUT2D eigenvalue weighted by Crippen LogP contribution is -2.47. The van der Waals surface area contributed by atoms with E-state index in [0.29, 0.717) is 6.10 Å². The Morgan fingerprint density at radius 2 is 2.06 bits per heavy atom. The van der Waals surface area contributed by atoms with Crippen molar-refractivity contribution in [2.24, 2.45) is 0 Å². The van der Waals surface area contributed by atoms with Crippen LogP contribution in [-0.2, 0) is 4.74 Å². The van der Waals surface area contributed by atoms with Gasteiger partial charge in [-0.3, -0.25) is 4.90 Å². The molecule has 102 valence electrons. The summed E-state index contributed by atoms with van der Waals surface area (Å²) in [5.74, 6) is 0. The van der Waals surface area contributed by atoms with E-state index in [0.717, 1.165) is 59.0 Å². The zero-order chi connectivity index (χ0) is 12.5. The standard InChI is InChI=1S/C13H29N3O/c1-4-15(5-2)8-7-14-11-13-12-16(6-3)9-10-17-13/h13-14H,4-12H2,1-3H3. The van der Waals surface area contributed by atoms with Gasteiger partial charge in [0, 0.05) is 32.7 Å². The minimum absolute atomic E-state index is 0.375. The molecule has 1 aliphatic rings. The van der Waals surface area contributed by atoms with E-state index >= 15 is 0 Å². The van der Waals surface area contributed by atoms with Gasteiger partial charge in [0.25, 0.3) is 0 Å². The molecule has 1 aliphatic heterocycles. The van der Waals surface area contributed by atoms with Gasteiger partial charge in [0.15, 0.2) is 0 Å². The molecule has 0 aromatic rings. The maximum atomic E-state index is 5.75. The molecule has 0 aromatic heterocycles. The summed E-state index contributed by atoms with van der Waals surface area (Å²) in [6.07, 6.45) is 0.375. The average Bonchev–Trinajstić information content (AvgIpc) is 2.39. The summed E-state index contributed by atoms with van der Waals surface area (Å²) in [5, 5.41) is 3.51. The van der Waals surface area contributed by atoms with E-state index in [2.05, 4.69) is 35.9 Å². The topological polar surface area (TPSA) is 27.7 Å². The van der Waals surface area contributed by atoms with Crippen LogP contribution in [0, 0.1) is 0 Å². The molecule has 4 nitrogen and oxygen atoms in total. The SMILES string of the molecule is CCN(CC)CCNCC1CN(CC)CCO1. The molecular weight excluding hydrogens is 214 g/mol. The lowest BCUT2D eigenvalue weighted by molar-refractivity contribution is -0.0253. The van der Waals surface area contributed by atoms with Gasteiger partial charge in [-0.1, -0.05) is 20.8 Å². The van der Waals surface area contributed by atoms with Crippen molar-refractivity contribution in [3.05, 3.63) is 0 Å². The van der Waals surface area contributed by atoms with Gasteiger partial charge in [0.1, 0.15) is 0 Å². The summed E-state index contributed by atoms with van der Waals surface area (Å²) in [5.41, 5.74) is 0. The summed E-state index contributed by atoms with van der Waals surface area (Å²) < 4.78 is 5.75. The molecule has 0 amide bonds. The third-order valence-electron chi connectivity index (χ3n) is 3.54. The van der Waals surface area contributed by atoms with E-state index in [9.17, 15) is 0 Å². The van der Waals surface area contributed by atoms with Gasteiger partial charge in [0.05, 0.1) is 12.7 Å². The molecule has 0 bridgehead atoms. The van der Waals surface area contributed by atoms with Crippen LogP contribution in [0.25, 0.3) is 0 Å². The minimum atomic E-state index is 0.375. The Morgan fingerprint density at radius 1 is 1.29 bits per heavy atom. The summed E-state index contributed by atoms with van der Waals surface area (Å²) in [6, 6.07) is 0. The van der Waals surface area contributed by atoms with E-state index < -0.39 is 0 Å². The smallest absolute Gasteiger partial charge is 0.0826 e. The predicted octanol–water partition coefficient (Wildman–Crippen LogP) is 0.639. The average molecular weight is 243 g/mol. The highest BCUT2D eigenvalue weighted by Crippen LogP contribution is 2.03. The number of hydrogen-bond acceptors (Lipinski definition) is 4. The van der Waals surface area contributed by atoms with Crippen LogP contribution in [0.5, 0.6) is 0 Å². The highest BCUT2D eigenvalue weighted by atomic mass is 16.5. The van der Waals surface area contributed by atoms with Gasteiger partial charge in [-0.25, -0.2) is 0 Å². The Kier molecular flexibility index (Phi) is 7.77. The zero-order valence-corrected chi connectivity index (χ0v) is 11.7. The van der Waals surface area contributed by atoms with Gasteiger partial charge in [-0.2, -0.15) is 0 Å². The van der Waals surface area contributed by atoms with Crippen LogP contribution in [0.1, 0.15) is 20.8 Å². The number of hydrogen-bond donors (Lipinski definition) is 1. The third kappa shape index (κ3) is 5.82. The maximum absolute atomic E-state index is 5.75. The molecule has 0 saturated carbocycles. The van der Waals surface area contributed by atoms with Gasteiger partial charge in [-0.15, -0.1) is 0 Å². The molecule has 1 fully saturated rings. The van der Waals surface area contributed by atoms with Crippen LogP contribution in [0.3, 0.4) is 0 Å². The molecular formula is C13H29N3O. The molecule has 1 atom stereocenters. The van der Waals surface area contributed by atoms with Crippen LogP contribution < -0.4 is 5.32 Å². The van der Waals surface area contributed by atoms with Crippen LogP contribution in [0.15, 0.2) is 0 Å². The summed E-state index contributed by atoms with van der Waals surface area (Å²) >= 11 is 0. The Morgan fingerprint density at radius 3 is 2.71 bits per heavy atom. The third-order valence-corrected chi connectivity index (χ3v) is 3.54. The molecule has 1 rings (SSSR count).